The van der Waals surface area contributed by atoms with Crippen molar-refractivity contribution in [1.29, 1.82) is 0 Å². The van der Waals surface area contributed by atoms with Crippen LogP contribution in [0.3, 0.4) is 0 Å². The molecule has 7 nitrogen and oxygen atoms in total. The highest BCUT2D eigenvalue weighted by Gasteiger charge is 2.23. The molecule has 0 aliphatic rings. The van der Waals surface area contributed by atoms with Gasteiger partial charge in [-0.1, -0.05) is 23.9 Å². The van der Waals surface area contributed by atoms with E-state index < -0.39 is 14.9 Å². The molecule has 0 fully saturated rings. The van der Waals surface area contributed by atoms with E-state index in [1.807, 2.05) is 24.3 Å². The highest BCUT2D eigenvalue weighted by molar-refractivity contribution is 8.01. The summed E-state index contributed by atoms with van der Waals surface area (Å²) >= 11 is 2.58. The highest BCUT2D eigenvalue weighted by atomic mass is 32.2. The van der Waals surface area contributed by atoms with Crippen molar-refractivity contribution in [3.8, 4) is 0 Å². The lowest BCUT2D eigenvalue weighted by Crippen LogP contribution is -2.30. The van der Waals surface area contributed by atoms with Crippen LogP contribution in [-0.2, 0) is 10.0 Å². The van der Waals surface area contributed by atoms with Crippen LogP contribution in [0.2, 0.25) is 0 Å². The van der Waals surface area contributed by atoms with Crippen LogP contribution in [-0.4, -0.2) is 24.4 Å². The first-order valence-electron chi connectivity index (χ1n) is 7.60. The Labute approximate surface area is 158 Å². The summed E-state index contributed by atoms with van der Waals surface area (Å²) < 4.78 is 28.6. The summed E-state index contributed by atoms with van der Waals surface area (Å²) in [5.41, 5.74) is 0.559. The maximum Gasteiger partial charge on any atom is 0.284 e. The topological polar surface area (TPSA) is 102 Å². The van der Waals surface area contributed by atoms with Gasteiger partial charge in [0.1, 0.15) is 0 Å². The molecule has 0 atom stereocenters. The number of nitrogens with zero attached hydrogens (tertiary/aromatic N) is 2. The molecule has 0 aliphatic carbocycles. The Morgan fingerprint density at radius 1 is 1.23 bits per heavy atom. The van der Waals surface area contributed by atoms with Gasteiger partial charge in [0.05, 0.1) is 24.9 Å². The normalized spacial score (nSPS) is 12.0. The Morgan fingerprint density at radius 3 is 2.62 bits per heavy atom. The second-order valence-corrected chi connectivity index (χ2v) is 9.75. The predicted molar refractivity (Wildman–Crippen MR) is 102 cm³/mol. The van der Waals surface area contributed by atoms with Crippen molar-refractivity contribution in [2.45, 2.75) is 34.0 Å². The summed E-state index contributed by atoms with van der Waals surface area (Å²) in [6, 6.07) is 11.2. The molecule has 0 unspecified atom stereocenters. The zero-order chi connectivity index (χ0) is 18.9. The van der Waals surface area contributed by atoms with Gasteiger partial charge in [-0.25, -0.2) is 18.1 Å². The number of hydrogen-bond donors (Lipinski definition) is 1. The fourth-order valence-electron chi connectivity index (χ4n) is 2.26. The summed E-state index contributed by atoms with van der Waals surface area (Å²) in [5.74, 6) is 0. The monoisotopic (exact) mass is 409 g/mol. The molecule has 26 heavy (non-hydrogen) atoms. The molecule has 0 saturated carbocycles. The minimum absolute atomic E-state index is 0.133. The first-order chi connectivity index (χ1) is 12.3. The maximum atomic E-state index is 12.3. The maximum absolute atomic E-state index is 12.3. The molecule has 0 bridgehead atoms. The number of sulfonamides is 1. The first kappa shape index (κ1) is 18.8. The summed E-state index contributed by atoms with van der Waals surface area (Å²) in [6.07, 6.45) is 0. The van der Waals surface area contributed by atoms with Gasteiger partial charge in [-0.3, -0.25) is 10.1 Å². The van der Waals surface area contributed by atoms with Crippen LogP contribution in [0.5, 0.6) is 0 Å². The minimum Gasteiger partial charge on any atom is -0.258 e. The summed E-state index contributed by atoms with van der Waals surface area (Å²) in [6.45, 7) is 3.37. The number of fused-ring (bicyclic) bond motifs is 1. The van der Waals surface area contributed by atoms with Crippen LogP contribution in [0.25, 0.3) is 10.2 Å². The van der Waals surface area contributed by atoms with E-state index >= 15 is 0 Å². The molecule has 2 aromatic carbocycles. The fraction of sp³-hybridized carbons (Fsp3) is 0.188. The number of benzene rings is 2. The van der Waals surface area contributed by atoms with Gasteiger partial charge in [-0.2, -0.15) is 0 Å². The highest BCUT2D eigenvalue weighted by Crippen LogP contribution is 2.39. The van der Waals surface area contributed by atoms with Gasteiger partial charge in [0, 0.05) is 12.1 Å². The van der Waals surface area contributed by atoms with Crippen LogP contribution < -0.4 is 4.72 Å². The number of nitro benzene ring substituents is 1. The number of nitro groups is 1. The van der Waals surface area contributed by atoms with E-state index in [-0.39, 0.29) is 16.6 Å². The molecule has 3 rings (SSSR count). The van der Waals surface area contributed by atoms with Crippen molar-refractivity contribution >= 4 is 49.0 Å². The Balaban J connectivity index is 1.98. The van der Waals surface area contributed by atoms with Gasteiger partial charge in [0.25, 0.3) is 5.69 Å². The predicted octanol–water partition coefficient (Wildman–Crippen LogP) is 4.04. The summed E-state index contributed by atoms with van der Waals surface area (Å²) in [4.78, 5) is 15.5. The lowest BCUT2D eigenvalue weighted by molar-refractivity contribution is -0.388. The van der Waals surface area contributed by atoms with Crippen LogP contribution in [0, 0.1) is 10.1 Å². The lowest BCUT2D eigenvalue weighted by Gasteiger charge is -2.10. The van der Waals surface area contributed by atoms with Crippen LogP contribution >= 0.6 is 23.1 Å². The van der Waals surface area contributed by atoms with Crippen molar-refractivity contribution in [3.05, 3.63) is 52.6 Å². The molecule has 1 aromatic heterocycles. The van der Waals surface area contributed by atoms with Gasteiger partial charge in [-0.05, 0) is 38.1 Å². The van der Waals surface area contributed by atoms with E-state index in [9.17, 15) is 18.5 Å². The molecule has 0 saturated heterocycles. The molecular formula is C16H15N3O4S3. The molecule has 0 amide bonds. The third kappa shape index (κ3) is 4.04. The first-order valence-corrected chi connectivity index (χ1v) is 10.7. The number of rotatable bonds is 6. The Morgan fingerprint density at radius 2 is 1.96 bits per heavy atom. The number of nitrogens with one attached hydrogen (secondary N) is 1. The van der Waals surface area contributed by atoms with Crippen LogP contribution in [0.1, 0.15) is 13.8 Å². The van der Waals surface area contributed by atoms with Crippen molar-refractivity contribution in [2.24, 2.45) is 0 Å². The third-order valence-corrected chi connectivity index (χ3v) is 7.12. The van der Waals surface area contributed by atoms with Gasteiger partial charge in [0.2, 0.25) is 10.0 Å². The van der Waals surface area contributed by atoms with Gasteiger partial charge in [-0.15, -0.1) is 11.3 Å². The fourth-order valence-corrected chi connectivity index (χ4v) is 5.64. The van der Waals surface area contributed by atoms with Gasteiger partial charge >= 0.3 is 0 Å². The van der Waals surface area contributed by atoms with Crippen LogP contribution in [0.4, 0.5) is 5.69 Å². The third-order valence-electron chi connectivity index (χ3n) is 3.30. The SMILES string of the molecule is CC(C)NS(=O)(=O)c1ccc(Sc2nc3ccccc3s2)c([N+](=O)[O-])c1. The average molecular weight is 410 g/mol. The molecule has 0 radical (unpaired) electrons. The van der Waals surface area contributed by atoms with Crippen molar-refractivity contribution < 1.29 is 13.3 Å². The standard InChI is InChI=1S/C16H15N3O4S3/c1-10(2)18-26(22,23)11-7-8-15(13(9-11)19(20)21)25-16-17-12-5-3-4-6-14(12)24-16/h3-10,18H,1-2H3. The largest absolute Gasteiger partial charge is 0.284 e. The molecule has 1 N–H and O–H groups in total. The van der Waals surface area contributed by atoms with Gasteiger partial charge < -0.3 is 0 Å². The number of para-hydroxylation sites is 1. The smallest absolute Gasteiger partial charge is 0.258 e. The van der Waals surface area contributed by atoms with E-state index in [4.69, 9.17) is 0 Å². The van der Waals surface area contributed by atoms with Crippen molar-refractivity contribution in [1.82, 2.24) is 9.71 Å². The molecule has 10 heteroatoms. The quantitative estimate of drug-likeness (QED) is 0.487. The molecule has 1 heterocycles. The Hall–Kier alpha value is -2.01. The number of hydrogen-bond acceptors (Lipinski definition) is 7. The summed E-state index contributed by atoms with van der Waals surface area (Å²) in [5, 5.41) is 11.4. The number of aromatic nitrogens is 1. The van der Waals surface area contributed by atoms with E-state index in [1.165, 1.54) is 23.5 Å². The average Bonchev–Trinajstić information content (AvgIpc) is 2.95. The second kappa shape index (κ2) is 7.31. The zero-order valence-corrected chi connectivity index (χ0v) is 16.3. The zero-order valence-electron chi connectivity index (χ0n) is 13.9. The van der Waals surface area contributed by atoms with Crippen LogP contribution in [0.15, 0.2) is 56.6 Å². The molecule has 0 aliphatic heterocycles. The van der Waals surface area contributed by atoms with E-state index in [1.54, 1.807) is 13.8 Å². The second-order valence-electron chi connectivity index (χ2n) is 5.71. The Kier molecular flexibility index (Phi) is 5.28. The molecule has 0 spiro atoms. The van der Waals surface area contributed by atoms with E-state index in [0.717, 1.165) is 28.0 Å². The molecular weight excluding hydrogens is 394 g/mol. The van der Waals surface area contributed by atoms with Gasteiger partial charge in [0.15, 0.2) is 4.34 Å². The van der Waals surface area contributed by atoms with Crippen molar-refractivity contribution in [3.63, 3.8) is 0 Å². The Bertz CT molecular complexity index is 1040. The minimum atomic E-state index is -3.80. The van der Waals surface area contributed by atoms with Crippen molar-refractivity contribution in [2.75, 3.05) is 0 Å². The summed E-state index contributed by atoms with van der Waals surface area (Å²) in [7, 11) is -3.80. The number of thiazole rings is 1. The van der Waals surface area contributed by atoms with E-state index in [2.05, 4.69) is 9.71 Å². The van der Waals surface area contributed by atoms with E-state index in [0.29, 0.717) is 9.24 Å². The lowest BCUT2D eigenvalue weighted by atomic mass is 10.3. The molecule has 136 valence electrons. The molecule has 3 aromatic rings.